The molecule has 1 heteroatoms. The zero-order valence-electron chi connectivity index (χ0n) is 5.69. The van der Waals surface area contributed by atoms with Gasteiger partial charge in [0.25, 0.3) is 0 Å². The van der Waals surface area contributed by atoms with Crippen molar-refractivity contribution in [3.63, 3.8) is 0 Å². The van der Waals surface area contributed by atoms with Crippen LogP contribution in [-0.4, -0.2) is 5.78 Å². The Morgan fingerprint density at radius 2 is 2.00 bits per heavy atom. The fourth-order valence-electron chi connectivity index (χ4n) is 0.144. The van der Waals surface area contributed by atoms with Gasteiger partial charge in [0.2, 0.25) is 0 Å². The Labute approximate surface area is 50.4 Å². The summed E-state index contributed by atoms with van der Waals surface area (Å²) in [6.45, 7) is 8.80. The van der Waals surface area contributed by atoms with Gasteiger partial charge in [0.1, 0.15) is 5.78 Å². The van der Waals surface area contributed by atoms with Crippen LogP contribution >= 0.6 is 0 Å². The molecule has 0 saturated heterocycles. The quantitative estimate of drug-likeness (QED) is 0.498. The number of carbonyl (C=O) groups excluding carboxylic acids is 1. The Morgan fingerprint density at radius 3 is 2.00 bits per heavy atom. The molecule has 1 nitrogen and oxygen atoms in total. The fourth-order valence-corrected chi connectivity index (χ4v) is 0.144. The molecule has 0 radical (unpaired) electrons. The molecule has 0 amide bonds. The van der Waals surface area contributed by atoms with Gasteiger partial charge in [-0.05, 0) is 20.8 Å². The first kappa shape index (κ1) is 7.41. The van der Waals surface area contributed by atoms with Crippen molar-refractivity contribution >= 4 is 5.78 Å². The molecule has 0 aromatic carbocycles. The SMILES string of the molecule is C=CC(C)(C)C(C)=O. The van der Waals surface area contributed by atoms with Gasteiger partial charge < -0.3 is 0 Å². The van der Waals surface area contributed by atoms with Crippen molar-refractivity contribution in [3.05, 3.63) is 12.7 Å². The first-order chi connectivity index (χ1) is 3.50. The average molecular weight is 112 g/mol. The van der Waals surface area contributed by atoms with Crippen molar-refractivity contribution < 1.29 is 4.79 Å². The van der Waals surface area contributed by atoms with Crippen molar-refractivity contribution in [1.82, 2.24) is 0 Å². The predicted octanol–water partition coefficient (Wildman–Crippen LogP) is 1.79. The molecule has 0 N–H and O–H groups in total. The van der Waals surface area contributed by atoms with Gasteiger partial charge in [-0.15, -0.1) is 6.58 Å². The molecule has 0 unspecified atom stereocenters. The standard InChI is InChI=1S/C7H12O/c1-5-7(3,4)6(2)8/h5H,1H2,2-4H3. The Balaban J connectivity index is 4.12. The second kappa shape index (κ2) is 2.12. The van der Waals surface area contributed by atoms with Crippen LogP contribution in [0, 0.1) is 5.41 Å². The maximum Gasteiger partial charge on any atom is 0.139 e. The summed E-state index contributed by atoms with van der Waals surface area (Å²) < 4.78 is 0. The lowest BCUT2D eigenvalue weighted by molar-refractivity contribution is -0.122. The Morgan fingerprint density at radius 1 is 1.62 bits per heavy atom. The molecular formula is C7H12O. The number of allylic oxidation sites excluding steroid dienone is 1. The Kier molecular flexibility index (Phi) is 1.96. The van der Waals surface area contributed by atoms with Gasteiger partial charge in [0.05, 0.1) is 0 Å². The number of ketones is 1. The van der Waals surface area contributed by atoms with Gasteiger partial charge in [-0.3, -0.25) is 4.79 Å². The highest BCUT2D eigenvalue weighted by atomic mass is 16.1. The van der Waals surface area contributed by atoms with Crippen LogP contribution in [0.15, 0.2) is 12.7 Å². The molecule has 0 aliphatic carbocycles. The van der Waals surface area contributed by atoms with E-state index >= 15 is 0 Å². The van der Waals surface area contributed by atoms with E-state index in [1.165, 1.54) is 0 Å². The van der Waals surface area contributed by atoms with E-state index in [2.05, 4.69) is 6.58 Å². The van der Waals surface area contributed by atoms with Gasteiger partial charge in [0.15, 0.2) is 0 Å². The molecule has 0 saturated carbocycles. The minimum Gasteiger partial charge on any atom is -0.299 e. The molecule has 46 valence electrons. The first-order valence-electron chi connectivity index (χ1n) is 2.65. The minimum atomic E-state index is -0.333. The van der Waals surface area contributed by atoms with Gasteiger partial charge in [0, 0.05) is 5.41 Å². The number of hydrogen-bond donors (Lipinski definition) is 0. The van der Waals surface area contributed by atoms with E-state index in [-0.39, 0.29) is 11.2 Å². The molecule has 0 aliphatic heterocycles. The zero-order chi connectivity index (χ0) is 6.78. The van der Waals surface area contributed by atoms with Crippen LogP contribution < -0.4 is 0 Å². The largest absolute Gasteiger partial charge is 0.299 e. The molecule has 0 atom stereocenters. The van der Waals surface area contributed by atoms with Crippen LogP contribution in [0.4, 0.5) is 0 Å². The summed E-state index contributed by atoms with van der Waals surface area (Å²) in [7, 11) is 0. The molecule has 0 fully saturated rings. The normalized spacial score (nSPS) is 10.9. The van der Waals surface area contributed by atoms with Crippen molar-refractivity contribution in [2.75, 3.05) is 0 Å². The first-order valence-corrected chi connectivity index (χ1v) is 2.65. The monoisotopic (exact) mass is 112 g/mol. The molecule has 0 heterocycles. The number of rotatable bonds is 2. The van der Waals surface area contributed by atoms with Gasteiger partial charge in [-0.2, -0.15) is 0 Å². The molecule has 0 aromatic rings. The topological polar surface area (TPSA) is 17.1 Å². The molecule has 0 aliphatic rings. The summed E-state index contributed by atoms with van der Waals surface area (Å²) in [5.41, 5.74) is -0.333. The highest BCUT2D eigenvalue weighted by Gasteiger charge is 2.17. The number of hydrogen-bond acceptors (Lipinski definition) is 1. The summed E-state index contributed by atoms with van der Waals surface area (Å²) in [5.74, 6) is 0.160. The van der Waals surface area contributed by atoms with Crippen molar-refractivity contribution in [3.8, 4) is 0 Å². The lowest BCUT2D eigenvalue weighted by atomic mass is 9.90. The maximum absolute atomic E-state index is 10.6. The van der Waals surface area contributed by atoms with E-state index in [1.807, 2.05) is 13.8 Å². The highest BCUT2D eigenvalue weighted by Crippen LogP contribution is 2.15. The predicted molar refractivity (Wildman–Crippen MR) is 34.7 cm³/mol. The fraction of sp³-hybridized carbons (Fsp3) is 0.571. The van der Waals surface area contributed by atoms with Crippen LogP contribution in [0.1, 0.15) is 20.8 Å². The van der Waals surface area contributed by atoms with Gasteiger partial charge in [-0.1, -0.05) is 6.08 Å². The zero-order valence-corrected chi connectivity index (χ0v) is 5.69. The smallest absolute Gasteiger partial charge is 0.139 e. The number of carbonyl (C=O) groups is 1. The summed E-state index contributed by atoms with van der Waals surface area (Å²) >= 11 is 0. The Hall–Kier alpha value is -0.590. The third-order valence-electron chi connectivity index (χ3n) is 1.42. The van der Waals surface area contributed by atoms with Crippen molar-refractivity contribution in [2.24, 2.45) is 5.41 Å². The van der Waals surface area contributed by atoms with Crippen LogP contribution in [0.3, 0.4) is 0 Å². The van der Waals surface area contributed by atoms with E-state index in [9.17, 15) is 4.79 Å². The van der Waals surface area contributed by atoms with E-state index in [0.29, 0.717) is 0 Å². The average Bonchev–Trinajstić information content (AvgIpc) is 1.67. The van der Waals surface area contributed by atoms with Crippen molar-refractivity contribution in [1.29, 1.82) is 0 Å². The molecule has 8 heavy (non-hydrogen) atoms. The summed E-state index contributed by atoms with van der Waals surface area (Å²) in [5, 5.41) is 0. The lowest BCUT2D eigenvalue weighted by Crippen LogP contribution is -2.17. The van der Waals surface area contributed by atoms with Crippen LogP contribution in [0.2, 0.25) is 0 Å². The highest BCUT2D eigenvalue weighted by molar-refractivity contribution is 5.83. The second-order valence-corrected chi connectivity index (χ2v) is 2.48. The lowest BCUT2D eigenvalue weighted by Gasteiger charge is -2.13. The molecule has 0 spiro atoms. The molecule has 0 bridgehead atoms. The second-order valence-electron chi connectivity index (χ2n) is 2.48. The van der Waals surface area contributed by atoms with Crippen LogP contribution in [-0.2, 0) is 4.79 Å². The number of Topliss-reactive ketones (excluding diaryl/α,β-unsaturated/α-hetero) is 1. The van der Waals surface area contributed by atoms with E-state index in [4.69, 9.17) is 0 Å². The summed E-state index contributed by atoms with van der Waals surface area (Å²) in [6, 6.07) is 0. The van der Waals surface area contributed by atoms with Gasteiger partial charge >= 0.3 is 0 Å². The molecular weight excluding hydrogens is 100 g/mol. The van der Waals surface area contributed by atoms with E-state index < -0.39 is 0 Å². The summed E-state index contributed by atoms with van der Waals surface area (Å²) in [6.07, 6.45) is 1.66. The molecule has 0 rings (SSSR count). The molecule has 0 aromatic heterocycles. The van der Waals surface area contributed by atoms with Crippen LogP contribution in [0.5, 0.6) is 0 Å². The minimum absolute atomic E-state index is 0.160. The van der Waals surface area contributed by atoms with E-state index in [0.717, 1.165) is 0 Å². The maximum atomic E-state index is 10.6. The van der Waals surface area contributed by atoms with E-state index in [1.54, 1.807) is 13.0 Å². The Bertz CT molecular complexity index is 112. The summed E-state index contributed by atoms with van der Waals surface area (Å²) in [4.78, 5) is 10.6. The third kappa shape index (κ3) is 1.49. The van der Waals surface area contributed by atoms with Crippen LogP contribution in [0.25, 0.3) is 0 Å². The van der Waals surface area contributed by atoms with Crippen molar-refractivity contribution in [2.45, 2.75) is 20.8 Å². The third-order valence-corrected chi connectivity index (χ3v) is 1.42. The van der Waals surface area contributed by atoms with Gasteiger partial charge in [-0.25, -0.2) is 0 Å².